The van der Waals surface area contributed by atoms with E-state index >= 15 is 0 Å². The highest BCUT2D eigenvalue weighted by Crippen LogP contribution is 2.23. The van der Waals surface area contributed by atoms with Crippen LogP contribution in [0.15, 0.2) is 22.7 Å². The zero-order chi connectivity index (χ0) is 11.4. The van der Waals surface area contributed by atoms with E-state index < -0.39 is 0 Å². The zero-order valence-electron chi connectivity index (χ0n) is 9.20. The smallest absolute Gasteiger partial charge is 0.118 e. The normalized spacial score (nSPS) is 13.1. The van der Waals surface area contributed by atoms with Crippen molar-refractivity contribution >= 4 is 15.9 Å². The molecule has 0 spiro atoms. The van der Waals surface area contributed by atoms with Crippen molar-refractivity contribution in [1.82, 2.24) is 0 Å². The van der Waals surface area contributed by atoms with Gasteiger partial charge in [-0.1, -0.05) is 29.8 Å². The molecule has 0 aliphatic rings. The first-order chi connectivity index (χ1) is 6.99. The molecule has 0 aromatic heterocycles. The molecule has 15 heavy (non-hydrogen) atoms. The van der Waals surface area contributed by atoms with Crippen molar-refractivity contribution in [3.63, 3.8) is 0 Å². The lowest BCUT2D eigenvalue weighted by atomic mass is 9.98. The average Bonchev–Trinajstić information content (AvgIpc) is 2.10. The van der Waals surface area contributed by atoms with Gasteiger partial charge in [-0.2, -0.15) is 0 Å². The Kier molecular flexibility index (Phi) is 4.61. The molecular weight excluding hydrogens is 254 g/mol. The lowest BCUT2D eigenvalue weighted by Crippen LogP contribution is -2.24. The van der Waals surface area contributed by atoms with E-state index in [1.54, 1.807) is 6.07 Å². The van der Waals surface area contributed by atoms with Crippen molar-refractivity contribution in [1.29, 1.82) is 0 Å². The summed E-state index contributed by atoms with van der Waals surface area (Å²) in [6, 6.07) is 5.56. The van der Waals surface area contributed by atoms with Crippen LogP contribution in [0, 0.1) is 5.92 Å². The number of hydrogen-bond acceptors (Lipinski definition) is 2. The molecule has 84 valence electrons. The molecule has 0 aliphatic carbocycles. The molecule has 0 aliphatic heterocycles. The second-order valence-corrected chi connectivity index (χ2v) is 5.28. The standard InChI is InChI=1S/C12H18BrNO/c1-8(2)5-11(14)7-9-6-10(13)3-4-12(9)15/h3-4,6,8,11,15H,5,7,14H2,1-2H3. The van der Waals surface area contributed by atoms with Gasteiger partial charge in [-0.25, -0.2) is 0 Å². The van der Waals surface area contributed by atoms with Crippen molar-refractivity contribution in [2.24, 2.45) is 11.7 Å². The number of halogens is 1. The predicted octanol–water partition coefficient (Wildman–Crippen LogP) is 3.07. The molecule has 0 saturated heterocycles. The van der Waals surface area contributed by atoms with Gasteiger partial charge in [0.15, 0.2) is 0 Å². The number of hydrogen-bond donors (Lipinski definition) is 2. The van der Waals surface area contributed by atoms with Crippen LogP contribution >= 0.6 is 15.9 Å². The number of phenols is 1. The summed E-state index contributed by atoms with van der Waals surface area (Å²) in [7, 11) is 0. The Labute approximate surface area is 99.6 Å². The first-order valence-corrected chi connectivity index (χ1v) is 6.01. The maximum atomic E-state index is 9.64. The fourth-order valence-electron chi connectivity index (χ4n) is 1.69. The van der Waals surface area contributed by atoms with Crippen LogP contribution in [0.3, 0.4) is 0 Å². The highest BCUT2D eigenvalue weighted by Gasteiger charge is 2.09. The molecule has 0 fully saturated rings. The molecule has 0 amide bonds. The first-order valence-electron chi connectivity index (χ1n) is 5.22. The fraction of sp³-hybridized carbons (Fsp3) is 0.500. The van der Waals surface area contributed by atoms with Gasteiger partial charge in [0.05, 0.1) is 0 Å². The van der Waals surface area contributed by atoms with Crippen molar-refractivity contribution in [2.75, 3.05) is 0 Å². The molecule has 0 bridgehead atoms. The fourth-order valence-corrected chi connectivity index (χ4v) is 2.10. The van der Waals surface area contributed by atoms with Crippen LogP contribution in [0.5, 0.6) is 5.75 Å². The van der Waals surface area contributed by atoms with E-state index in [0.29, 0.717) is 11.7 Å². The van der Waals surface area contributed by atoms with Gasteiger partial charge in [0.25, 0.3) is 0 Å². The molecule has 1 unspecified atom stereocenters. The summed E-state index contributed by atoms with van der Waals surface area (Å²) in [5.41, 5.74) is 6.91. The molecule has 0 saturated carbocycles. The van der Waals surface area contributed by atoms with E-state index in [2.05, 4.69) is 29.8 Å². The van der Waals surface area contributed by atoms with Gasteiger partial charge in [0, 0.05) is 10.5 Å². The van der Waals surface area contributed by atoms with Crippen molar-refractivity contribution in [3.05, 3.63) is 28.2 Å². The second-order valence-electron chi connectivity index (χ2n) is 4.37. The minimum atomic E-state index is 0.116. The highest BCUT2D eigenvalue weighted by molar-refractivity contribution is 9.10. The van der Waals surface area contributed by atoms with Crippen LogP contribution in [0.4, 0.5) is 0 Å². The minimum absolute atomic E-state index is 0.116. The topological polar surface area (TPSA) is 46.2 Å². The van der Waals surface area contributed by atoms with Gasteiger partial charge >= 0.3 is 0 Å². The molecule has 1 aromatic carbocycles. The Bertz CT molecular complexity index is 325. The minimum Gasteiger partial charge on any atom is -0.508 e. The molecule has 0 radical (unpaired) electrons. The van der Waals surface area contributed by atoms with Crippen molar-refractivity contribution in [2.45, 2.75) is 32.7 Å². The Morgan fingerprint density at radius 3 is 2.67 bits per heavy atom. The number of rotatable bonds is 4. The summed E-state index contributed by atoms with van der Waals surface area (Å²) < 4.78 is 0.979. The number of phenolic OH excluding ortho intramolecular Hbond substituents is 1. The van der Waals surface area contributed by atoms with Gasteiger partial charge in [0.1, 0.15) is 5.75 Å². The van der Waals surface area contributed by atoms with Gasteiger partial charge in [-0.3, -0.25) is 0 Å². The van der Waals surface area contributed by atoms with Crippen molar-refractivity contribution in [3.8, 4) is 5.75 Å². The first kappa shape index (κ1) is 12.5. The highest BCUT2D eigenvalue weighted by atomic mass is 79.9. The van der Waals surface area contributed by atoms with Gasteiger partial charge < -0.3 is 10.8 Å². The zero-order valence-corrected chi connectivity index (χ0v) is 10.8. The quantitative estimate of drug-likeness (QED) is 0.884. The maximum absolute atomic E-state index is 9.64. The third-order valence-corrected chi connectivity index (χ3v) is 2.79. The molecule has 1 rings (SSSR count). The van der Waals surface area contributed by atoms with Crippen LogP contribution in [0.25, 0.3) is 0 Å². The van der Waals surface area contributed by atoms with E-state index in [4.69, 9.17) is 5.73 Å². The lowest BCUT2D eigenvalue weighted by molar-refractivity contribution is 0.452. The second kappa shape index (κ2) is 5.52. The summed E-state index contributed by atoms with van der Waals surface area (Å²) in [5.74, 6) is 0.923. The van der Waals surface area contributed by atoms with Crippen LogP contribution in [0.1, 0.15) is 25.8 Å². The van der Waals surface area contributed by atoms with Crippen LogP contribution < -0.4 is 5.73 Å². The maximum Gasteiger partial charge on any atom is 0.118 e. The van der Waals surface area contributed by atoms with Gasteiger partial charge in [-0.05, 0) is 42.5 Å². The van der Waals surface area contributed by atoms with Crippen LogP contribution in [-0.2, 0) is 6.42 Å². The molecular formula is C12H18BrNO. The third kappa shape index (κ3) is 4.22. The SMILES string of the molecule is CC(C)CC(N)Cc1cc(Br)ccc1O. The molecule has 2 nitrogen and oxygen atoms in total. The summed E-state index contributed by atoms with van der Waals surface area (Å²) in [5, 5.41) is 9.64. The monoisotopic (exact) mass is 271 g/mol. The number of benzene rings is 1. The van der Waals surface area contributed by atoms with Gasteiger partial charge in [-0.15, -0.1) is 0 Å². The largest absolute Gasteiger partial charge is 0.508 e. The van der Waals surface area contributed by atoms with E-state index in [0.717, 1.165) is 22.9 Å². The van der Waals surface area contributed by atoms with Gasteiger partial charge in [0.2, 0.25) is 0 Å². The number of aromatic hydroxyl groups is 1. The Morgan fingerprint density at radius 2 is 2.07 bits per heavy atom. The summed E-state index contributed by atoms with van der Waals surface area (Å²) >= 11 is 3.39. The molecule has 1 aromatic rings. The van der Waals surface area contributed by atoms with E-state index in [9.17, 15) is 5.11 Å². The van der Waals surface area contributed by atoms with E-state index in [1.165, 1.54) is 0 Å². The third-order valence-electron chi connectivity index (χ3n) is 2.30. The molecule has 3 heteroatoms. The molecule has 3 N–H and O–H groups in total. The Morgan fingerprint density at radius 1 is 1.40 bits per heavy atom. The summed E-state index contributed by atoms with van der Waals surface area (Å²) in [6.07, 6.45) is 1.70. The molecule has 0 heterocycles. The predicted molar refractivity (Wildman–Crippen MR) is 66.9 cm³/mol. The summed E-state index contributed by atoms with van der Waals surface area (Å²) in [4.78, 5) is 0. The Balaban J connectivity index is 2.67. The van der Waals surface area contributed by atoms with Crippen LogP contribution in [-0.4, -0.2) is 11.1 Å². The number of nitrogens with two attached hydrogens (primary N) is 1. The van der Waals surface area contributed by atoms with Crippen molar-refractivity contribution < 1.29 is 5.11 Å². The Hall–Kier alpha value is -0.540. The lowest BCUT2D eigenvalue weighted by Gasteiger charge is -2.14. The average molecular weight is 272 g/mol. The van der Waals surface area contributed by atoms with E-state index in [1.807, 2.05) is 12.1 Å². The molecule has 1 atom stereocenters. The van der Waals surface area contributed by atoms with Crippen LogP contribution in [0.2, 0.25) is 0 Å². The summed E-state index contributed by atoms with van der Waals surface area (Å²) in [6.45, 7) is 4.31. The van der Waals surface area contributed by atoms with E-state index in [-0.39, 0.29) is 6.04 Å².